The van der Waals surface area contributed by atoms with E-state index in [9.17, 15) is 14.4 Å². The third-order valence-corrected chi connectivity index (χ3v) is 11.3. The maximum Gasteiger partial charge on any atom is 0.307 e. The molecule has 8 heteroatoms. The van der Waals surface area contributed by atoms with Crippen molar-refractivity contribution in [1.82, 2.24) is 10.6 Å². The van der Waals surface area contributed by atoms with E-state index in [-0.39, 0.29) is 48.3 Å². The van der Waals surface area contributed by atoms with Gasteiger partial charge in [-0.15, -0.1) is 0 Å². The van der Waals surface area contributed by atoms with Gasteiger partial charge in [-0.2, -0.15) is 0 Å². The molecule has 0 bridgehead atoms. The molecule has 1 heterocycles. The second-order valence-electron chi connectivity index (χ2n) is 16.8. The minimum Gasteiger partial charge on any atom is -0.460 e. The molecule has 0 aromatic heterocycles. The molecule has 3 rings (SSSR count). The topological polar surface area (TPSA) is 103 Å². The van der Waals surface area contributed by atoms with Crippen LogP contribution in [0.25, 0.3) is 0 Å². The van der Waals surface area contributed by atoms with Gasteiger partial charge in [-0.1, -0.05) is 116 Å². The number of rotatable bonds is 23. The fourth-order valence-corrected chi connectivity index (χ4v) is 8.01. The van der Waals surface area contributed by atoms with Crippen LogP contribution in [0.2, 0.25) is 0 Å². The number of esters is 1. The summed E-state index contributed by atoms with van der Waals surface area (Å²) in [6.07, 6.45) is 30.6. The molecule has 1 unspecified atom stereocenters. The van der Waals surface area contributed by atoms with Gasteiger partial charge in [0, 0.05) is 17.4 Å². The van der Waals surface area contributed by atoms with Gasteiger partial charge < -0.3 is 24.8 Å². The number of nitrogens with one attached hydrogen (secondary N) is 2. The molecular formula is C42H74N2O6. The Bertz CT molecular complexity index is 1030. The van der Waals surface area contributed by atoms with Crippen molar-refractivity contribution in [3.8, 4) is 0 Å². The van der Waals surface area contributed by atoms with E-state index >= 15 is 0 Å². The van der Waals surface area contributed by atoms with E-state index in [2.05, 4.69) is 29.7 Å². The molecule has 3 fully saturated rings. The molecule has 3 atom stereocenters. The Balaban J connectivity index is 1.32. The van der Waals surface area contributed by atoms with Crippen molar-refractivity contribution in [2.75, 3.05) is 13.2 Å². The summed E-state index contributed by atoms with van der Waals surface area (Å²) in [6.45, 7) is 10.3. The minimum atomic E-state index is -0.835. The first-order valence-electron chi connectivity index (χ1n) is 20.7. The molecule has 0 spiro atoms. The quantitative estimate of drug-likeness (QED) is 0.0625. The summed E-state index contributed by atoms with van der Waals surface area (Å²) in [4.78, 5) is 39.7. The van der Waals surface area contributed by atoms with E-state index in [1.165, 1.54) is 83.5 Å². The van der Waals surface area contributed by atoms with Gasteiger partial charge in [-0.25, -0.2) is 0 Å². The molecule has 3 aliphatic rings. The SMILES string of the molecule is CCCCCCCC/C=C\CCCCCCCCC1(C(=O)N[C@H]2CCCC[C@@H]2OC(=O)CCNC(=O)C2OC(C)(C)OCC2(C)C)CCCC1. The molecule has 2 saturated carbocycles. The van der Waals surface area contributed by atoms with Crippen molar-refractivity contribution in [1.29, 1.82) is 0 Å². The third kappa shape index (κ3) is 15.0. The van der Waals surface area contributed by atoms with Gasteiger partial charge in [0.05, 0.1) is 19.1 Å². The predicted octanol–water partition coefficient (Wildman–Crippen LogP) is 9.63. The van der Waals surface area contributed by atoms with Crippen molar-refractivity contribution < 1.29 is 28.6 Å². The Morgan fingerprint density at radius 1 is 0.780 bits per heavy atom. The fraction of sp³-hybridized carbons (Fsp3) is 0.881. The van der Waals surface area contributed by atoms with Crippen LogP contribution in [0.5, 0.6) is 0 Å². The Morgan fingerprint density at radius 3 is 2.04 bits per heavy atom. The van der Waals surface area contributed by atoms with Gasteiger partial charge in [-0.3, -0.25) is 14.4 Å². The number of allylic oxidation sites excluding steroid dienone is 2. The summed E-state index contributed by atoms with van der Waals surface area (Å²) in [5.41, 5.74) is -0.750. The monoisotopic (exact) mass is 703 g/mol. The number of hydrogen-bond acceptors (Lipinski definition) is 6. The zero-order valence-corrected chi connectivity index (χ0v) is 32.7. The third-order valence-electron chi connectivity index (χ3n) is 11.3. The number of carbonyl (C=O) groups excluding carboxylic acids is 3. The fourth-order valence-electron chi connectivity index (χ4n) is 8.01. The van der Waals surface area contributed by atoms with Gasteiger partial charge in [-0.05, 0) is 78.1 Å². The summed E-state index contributed by atoms with van der Waals surface area (Å²) in [6, 6.07) is -0.147. The van der Waals surface area contributed by atoms with Gasteiger partial charge in [0.25, 0.3) is 0 Å². The number of hydrogen-bond donors (Lipinski definition) is 2. The van der Waals surface area contributed by atoms with Gasteiger partial charge in [0.1, 0.15) is 12.2 Å². The van der Waals surface area contributed by atoms with Crippen LogP contribution >= 0.6 is 0 Å². The standard InChI is InChI=1S/C42H74N2O6/c1-6-7-8-9-10-11-12-13-14-15-16-17-18-19-20-23-29-42(30-24-25-31-42)39(47)44-34-26-21-22-27-35(34)49-36(45)28-32-43-38(46)37-40(2,3)33-48-41(4,5)50-37/h13-14,34-35,37H,6-12,15-33H2,1-5H3,(H,43,46)(H,44,47)/b14-13-/t34-,35-,37?/m0/s1. The maximum absolute atomic E-state index is 13.8. The van der Waals surface area contributed by atoms with Gasteiger partial charge in [0.2, 0.25) is 11.8 Å². The van der Waals surface area contributed by atoms with Crippen LogP contribution in [-0.2, 0) is 28.6 Å². The molecule has 2 aliphatic carbocycles. The molecule has 8 nitrogen and oxygen atoms in total. The molecular weight excluding hydrogens is 628 g/mol. The summed E-state index contributed by atoms with van der Waals surface area (Å²) in [7, 11) is 0. The van der Waals surface area contributed by atoms with Gasteiger partial charge >= 0.3 is 5.97 Å². The molecule has 0 aromatic carbocycles. The zero-order valence-electron chi connectivity index (χ0n) is 32.7. The molecule has 1 aliphatic heterocycles. The molecule has 288 valence electrons. The Kier molecular flexibility index (Phi) is 18.9. The smallest absolute Gasteiger partial charge is 0.307 e. The Hall–Kier alpha value is -1.93. The number of unbranched alkanes of at least 4 members (excludes halogenated alkanes) is 12. The lowest BCUT2D eigenvalue weighted by Gasteiger charge is -2.44. The van der Waals surface area contributed by atoms with Crippen molar-refractivity contribution in [2.24, 2.45) is 10.8 Å². The molecule has 2 N–H and O–H groups in total. The number of carbonyl (C=O) groups is 3. The summed E-state index contributed by atoms with van der Waals surface area (Å²) in [5, 5.41) is 6.24. The van der Waals surface area contributed by atoms with Crippen molar-refractivity contribution in [3.63, 3.8) is 0 Å². The van der Waals surface area contributed by atoms with Crippen molar-refractivity contribution in [2.45, 2.75) is 213 Å². The van der Waals surface area contributed by atoms with Crippen LogP contribution < -0.4 is 10.6 Å². The second kappa shape index (κ2) is 22.2. The highest BCUT2D eigenvalue weighted by Gasteiger charge is 2.46. The normalized spacial score (nSPS) is 24.2. The minimum absolute atomic E-state index is 0.0792. The predicted molar refractivity (Wildman–Crippen MR) is 202 cm³/mol. The second-order valence-corrected chi connectivity index (χ2v) is 16.8. The Morgan fingerprint density at radius 2 is 1.38 bits per heavy atom. The highest BCUT2D eigenvalue weighted by atomic mass is 16.7. The van der Waals surface area contributed by atoms with E-state index in [1.807, 2.05) is 13.8 Å². The first-order chi connectivity index (χ1) is 24.0. The van der Waals surface area contributed by atoms with Crippen LogP contribution in [0.3, 0.4) is 0 Å². The van der Waals surface area contributed by atoms with Gasteiger partial charge in [0.15, 0.2) is 5.79 Å². The van der Waals surface area contributed by atoms with Crippen molar-refractivity contribution in [3.05, 3.63) is 12.2 Å². The highest BCUT2D eigenvalue weighted by Crippen LogP contribution is 2.43. The molecule has 2 amide bonds. The maximum atomic E-state index is 13.8. The summed E-state index contributed by atoms with van der Waals surface area (Å²) in [5.74, 6) is -1.25. The Labute approximate surface area is 305 Å². The lowest BCUT2D eigenvalue weighted by molar-refractivity contribution is -0.304. The lowest BCUT2D eigenvalue weighted by atomic mass is 9.79. The van der Waals surface area contributed by atoms with E-state index in [0.717, 1.165) is 64.2 Å². The summed E-state index contributed by atoms with van der Waals surface area (Å²) >= 11 is 0. The zero-order chi connectivity index (χ0) is 36.3. The first kappa shape index (κ1) is 42.5. The summed E-state index contributed by atoms with van der Waals surface area (Å²) < 4.78 is 17.6. The average Bonchev–Trinajstić information content (AvgIpc) is 3.57. The van der Waals surface area contributed by atoms with E-state index in [1.54, 1.807) is 13.8 Å². The largest absolute Gasteiger partial charge is 0.460 e. The number of amides is 2. The van der Waals surface area contributed by atoms with Crippen LogP contribution in [0.1, 0.15) is 189 Å². The molecule has 0 radical (unpaired) electrons. The van der Waals surface area contributed by atoms with E-state index in [4.69, 9.17) is 14.2 Å². The average molecular weight is 703 g/mol. The molecule has 1 saturated heterocycles. The van der Waals surface area contributed by atoms with Crippen LogP contribution in [-0.4, -0.2) is 55.0 Å². The molecule has 0 aromatic rings. The van der Waals surface area contributed by atoms with E-state index < -0.39 is 17.3 Å². The van der Waals surface area contributed by atoms with Crippen LogP contribution in [0.4, 0.5) is 0 Å². The lowest BCUT2D eigenvalue weighted by Crippen LogP contribution is -2.56. The number of ether oxygens (including phenoxy) is 3. The first-order valence-corrected chi connectivity index (χ1v) is 20.7. The van der Waals surface area contributed by atoms with Crippen molar-refractivity contribution >= 4 is 17.8 Å². The van der Waals surface area contributed by atoms with E-state index in [0.29, 0.717) is 6.61 Å². The van der Waals surface area contributed by atoms with Crippen LogP contribution in [0, 0.1) is 10.8 Å². The van der Waals surface area contributed by atoms with Crippen LogP contribution in [0.15, 0.2) is 12.2 Å². The molecule has 50 heavy (non-hydrogen) atoms. The highest BCUT2D eigenvalue weighted by molar-refractivity contribution is 5.83.